The van der Waals surface area contributed by atoms with Crippen LogP contribution in [0.5, 0.6) is 11.5 Å². The molecule has 152 valence electrons. The van der Waals surface area contributed by atoms with Crippen molar-refractivity contribution in [1.29, 1.82) is 0 Å². The first-order valence-corrected chi connectivity index (χ1v) is 10.4. The highest BCUT2D eigenvalue weighted by Crippen LogP contribution is 2.32. The van der Waals surface area contributed by atoms with E-state index in [2.05, 4.69) is 4.98 Å². The van der Waals surface area contributed by atoms with Crippen molar-refractivity contribution in [2.45, 2.75) is 31.3 Å². The first kappa shape index (κ1) is 19.8. The highest BCUT2D eigenvalue weighted by Gasteiger charge is 2.15. The lowest BCUT2D eigenvalue weighted by Gasteiger charge is -2.14. The zero-order chi connectivity index (χ0) is 20.2. The monoisotopic (exact) mass is 414 g/mol. The van der Waals surface area contributed by atoms with E-state index in [9.17, 15) is 9.90 Å². The van der Waals surface area contributed by atoms with Gasteiger partial charge in [-0.05, 0) is 36.8 Å². The Morgan fingerprint density at radius 3 is 2.93 bits per heavy atom. The summed E-state index contributed by atoms with van der Waals surface area (Å²) < 4.78 is 17.9. The fourth-order valence-corrected chi connectivity index (χ4v) is 4.07. The summed E-state index contributed by atoms with van der Waals surface area (Å²) in [5.41, 5.74) is 1.55. The van der Waals surface area contributed by atoms with E-state index in [0.717, 1.165) is 11.3 Å². The maximum absolute atomic E-state index is 12.6. The second-order valence-electron chi connectivity index (χ2n) is 6.63. The van der Waals surface area contributed by atoms with E-state index in [-0.39, 0.29) is 19.0 Å². The SMILES string of the molecule is CCn1c(SC[C@H](O)COCc2ccc3c(c2)OCO3)nc2ccccc2c1=O. The molecule has 0 aliphatic carbocycles. The average Bonchev–Trinajstić information content (AvgIpc) is 3.20. The summed E-state index contributed by atoms with van der Waals surface area (Å²) >= 11 is 1.36. The van der Waals surface area contributed by atoms with Crippen LogP contribution in [0, 0.1) is 0 Å². The highest BCUT2D eigenvalue weighted by molar-refractivity contribution is 7.99. The van der Waals surface area contributed by atoms with Crippen LogP contribution in [0.25, 0.3) is 10.9 Å². The van der Waals surface area contributed by atoms with Gasteiger partial charge in [0.1, 0.15) is 0 Å². The van der Waals surface area contributed by atoms with Crippen LogP contribution in [-0.2, 0) is 17.9 Å². The van der Waals surface area contributed by atoms with Crippen molar-refractivity contribution in [3.63, 3.8) is 0 Å². The molecule has 0 amide bonds. The molecule has 1 aliphatic rings. The van der Waals surface area contributed by atoms with Gasteiger partial charge in [-0.25, -0.2) is 4.98 Å². The third-order valence-corrected chi connectivity index (χ3v) is 5.68. The van der Waals surface area contributed by atoms with Crippen molar-refractivity contribution in [3.05, 3.63) is 58.4 Å². The fraction of sp³-hybridized carbons (Fsp3) is 0.333. The number of benzene rings is 2. The second-order valence-corrected chi connectivity index (χ2v) is 7.62. The summed E-state index contributed by atoms with van der Waals surface area (Å²) in [7, 11) is 0. The molecule has 0 radical (unpaired) electrons. The Morgan fingerprint density at radius 1 is 1.24 bits per heavy atom. The molecule has 0 saturated carbocycles. The third-order valence-electron chi connectivity index (χ3n) is 4.56. The molecule has 0 unspecified atom stereocenters. The van der Waals surface area contributed by atoms with Gasteiger partial charge < -0.3 is 19.3 Å². The minimum Gasteiger partial charge on any atom is -0.454 e. The van der Waals surface area contributed by atoms with Crippen LogP contribution in [0.4, 0.5) is 0 Å². The number of para-hydroxylation sites is 1. The Balaban J connectivity index is 1.33. The molecule has 0 bridgehead atoms. The Hall–Kier alpha value is -2.55. The van der Waals surface area contributed by atoms with Crippen LogP contribution >= 0.6 is 11.8 Å². The smallest absolute Gasteiger partial charge is 0.262 e. The minimum atomic E-state index is -0.678. The van der Waals surface area contributed by atoms with Crippen LogP contribution in [0.15, 0.2) is 52.4 Å². The van der Waals surface area contributed by atoms with Crippen molar-refractivity contribution in [3.8, 4) is 11.5 Å². The molecule has 7 nitrogen and oxygen atoms in total. The normalized spacial score (nSPS) is 13.7. The molecule has 29 heavy (non-hydrogen) atoms. The van der Waals surface area contributed by atoms with Gasteiger partial charge in [0, 0.05) is 12.3 Å². The molecular weight excluding hydrogens is 392 g/mol. The van der Waals surface area contributed by atoms with Gasteiger partial charge in [0.2, 0.25) is 6.79 Å². The standard InChI is InChI=1S/C21H22N2O5S/c1-2-23-20(25)16-5-3-4-6-17(16)22-21(23)29-12-15(24)11-26-10-14-7-8-18-19(9-14)28-13-27-18/h3-9,15,24H,2,10-13H2,1H3/t15-/m1/s1. The third kappa shape index (κ3) is 4.39. The summed E-state index contributed by atoms with van der Waals surface area (Å²) in [6.45, 7) is 3.22. The summed E-state index contributed by atoms with van der Waals surface area (Å²) in [5, 5.41) is 11.5. The molecule has 1 N–H and O–H groups in total. The van der Waals surface area contributed by atoms with E-state index >= 15 is 0 Å². The number of aliphatic hydroxyl groups excluding tert-OH is 1. The van der Waals surface area contributed by atoms with E-state index < -0.39 is 6.10 Å². The number of aromatic nitrogens is 2. The molecule has 1 aliphatic heterocycles. The van der Waals surface area contributed by atoms with Gasteiger partial charge in [0.05, 0.1) is 30.2 Å². The van der Waals surface area contributed by atoms with Crippen LogP contribution in [-0.4, -0.2) is 39.9 Å². The minimum absolute atomic E-state index is 0.0610. The van der Waals surface area contributed by atoms with Crippen LogP contribution < -0.4 is 15.0 Å². The molecular formula is C21H22N2O5S. The molecule has 4 rings (SSSR count). The average molecular weight is 414 g/mol. The topological polar surface area (TPSA) is 82.8 Å². The van der Waals surface area contributed by atoms with Crippen molar-refractivity contribution < 1.29 is 19.3 Å². The quantitative estimate of drug-likeness (QED) is 0.448. The lowest BCUT2D eigenvalue weighted by molar-refractivity contribution is 0.0397. The molecule has 2 aromatic carbocycles. The number of aliphatic hydroxyl groups is 1. The van der Waals surface area contributed by atoms with Gasteiger partial charge >= 0.3 is 0 Å². The first-order valence-electron chi connectivity index (χ1n) is 9.42. The van der Waals surface area contributed by atoms with Gasteiger partial charge in [-0.3, -0.25) is 9.36 Å². The van der Waals surface area contributed by atoms with Gasteiger partial charge in [-0.2, -0.15) is 0 Å². The van der Waals surface area contributed by atoms with Crippen LogP contribution in [0.2, 0.25) is 0 Å². The Labute approximate surface area is 172 Å². The molecule has 1 atom stereocenters. The summed E-state index contributed by atoms with van der Waals surface area (Å²) in [6.07, 6.45) is -0.678. The second kappa shape index (κ2) is 8.86. The Kier molecular flexibility index (Phi) is 6.03. The highest BCUT2D eigenvalue weighted by atomic mass is 32.2. The van der Waals surface area contributed by atoms with Crippen molar-refractivity contribution in [2.24, 2.45) is 0 Å². The molecule has 0 spiro atoms. The van der Waals surface area contributed by atoms with Crippen molar-refractivity contribution in [1.82, 2.24) is 9.55 Å². The van der Waals surface area contributed by atoms with E-state index in [0.29, 0.717) is 40.7 Å². The zero-order valence-electron chi connectivity index (χ0n) is 16.0. The lowest BCUT2D eigenvalue weighted by Crippen LogP contribution is -2.24. The number of hydrogen-bond acceptors (Lipinski definition) is 7. The van der Waals surface area contributed by atoms with Gasteiger partial charge in [0.25, 0.3) is 5.56 Å². The maximum Gasteiger partial charge on any atom is 0.262 e. The lowest BCUT2D eigenvalue weighted by atomic mass is 10.2. The first-order chi connectivity index (χ1) is 14.2. The number of nitrogens with zero attached hydrogens (tertiary/aromatic N) is 2. The molecule has 1 aromatic heterocycles. The Morgan fingerprint density at radius 2 is 2.07 bits per heavy atom. The van der Waals surface area contributed by atoms with Crippen molar-refractivity contribution in [2.75, 3.05) is 19.2 Å². The van der Waals surface area contributed by atoms with Gasteiger partial charge in [-0.15, -0.1) is 0 Å². The molecule has 8 heteroatoms. The van der Waals surface area contributed by atoms with E-state index in [1.165, 1.54) is 11.8 Å². The predicted molar refractivity (Wildman–Crippen MR) is 111 cm³/mol. The van der Waals surface area contributed by atoms with Crippen LogP contribution in [0.3, 0.4) is 0 Å². The number of hydrogen-bond donors (Lipinski definition) is 1. The molecule has 0 fully saturated rings. The molecule has 3 aromatic rings. The summed E-state index contributed by atoms with van der Waals surface area (Å²) in [5.74, 6) is 1.82. The summed E-state index contributed by atoms with van der Waals surface area (Å²) in [6, 6.07) is 12.9. The number of rotatable bonds is 8. The van der Waals surface area contributed by atoms with E-state index in [1.54, 1.807) is 10.6 Å². The van der Waals surface area contributed by atoms with Gasteiger partial charge in [-0.1, -0.05) is 30.0 Å². The van der Waals surface area contributed by atoms with Gasteiger partial charge in [0.15, 0.2) is 16.7 Å². The molecule has 2 heterocycles. The van der Waals surface area contributed by atoms with Crippen LogP contribution in [0.1, 0.15) is 12.5 Å². The Bertz CT molecular complexity index is 1070. The molecule has 0 saturated heterocycles. The number of ether oxygens (including phenoxy) is 3. The summed E-state index contributed by atoms with van der Waals surface area (Å²) in [4.78, 5) is 17.2. The largest absolute Gasteiger partial charge is 0.454 e. The maximum atomic E-state index is 12.6. The number of fused-ring (bicyclic) bond motifs is 2. The fourth-order valence-electron chi connectivity index (χ4n) is 3.10. The van der Waals surface area contributed by atoms with E-state index in [4.69, 9.17) is 14.2 Å². The van der Waals surface area contributed by atoms with Crippen molar-refractivity contribution >= 4 is 22.7 Å². The van der Waals surface area contributed by atoms with E-state index in [1.807, 2.05) is 43.3 Å². The zero-order valence-corrected chi connectivity index (χ0v) is 16.9. The number of thioether (sulfide) groups is 1. The predicted octanol–water partition coefficient (Wildman–Crippen LogP) is 2.81.